The number of fused-ring (bicyclic) bond motifs is 1. The average molecular weight is 521 g/mol. The van der Waals surface area contributed by atoms with Gasteiger partial charge in [-0.15, -0.1) is 0 Å². The van der Waals surface area contributed by atoms with E-state index in [0.29, 0.717) is 46.3 Å². The molecule has 1 aromatic carbocycles. The maximum atomic E-state index is 14.3. The van der Waals surface area contributed by atoms with Crippen LogP contribution in [0.1, 0.15) is 67.8 Å². The molecular formula is C26H25ClF4N4O. The van der Waals surface area contributed by atoms with Crippen molar-refractivity contribution in [2.75, 3.05) is 7.11 Å². The Balaban J connectivity index is 1.62. The lowest BCUT2D eigenvalue weighted by atomic mass is 9.91. The van der Waals surface area contributed by atoms with Gasteiger partial charge in [0.05, 0.1) is 24.4 Å². The van der Waals surface area contributed by atoms with Crippen LogP contribution in [0, 0.1) is 5.82 Å². The van der Waals surface area contributed by atoms with Crippen LogP contribution in [0.15, 0.2) is 36.8 Å². The molecule has 3 aromatic heterocycles. The van der Waals surface area contributed by atoms with Crippen LogP contribution in [0.3, 0.4) is 0 Å². The van der Waals surface area contributed by atoms with Crippen LogP contribution >= 0.6 is 11.6 Å². The van der Waals surface area contributed by atoms with Gasteiger partial charge in [-0.25, -0.2) is 9.37 Å². The summed E-state index contributed by atoms with van der Waals surface area (Å²) in [5.74, 6) is -0.593. The number of nitrogens with zero attached hydrogens (tertiary/aromatic N) is 3. The van der Waals surface area contributed by atoms with E-state index in [0.717, 1.165) is 23.9 Å². The Morgan fingerprint density at radius 2 is 1.92 bits per heavy atom. The van der Waals surface area contributed by atoms with Gasteiger partial charge >= 0.3 is 6.18 Å². The van der Waals surface area contributed by atoms with Crippen LogP contribution in [0.5, 0.6) is 5.75 Å². The molecule has 1 aliphatic rings. The molecule has 5 nitrogen and oxygen atoms in total. The lowest BCUT2D eigenvalue weighted by molar-refractivity contribution is -0.144. The van der Waals surface area contributed by atoms with Crippen LogP contribution in [-0.4, -0.2) is 26.9 Å². The zero-order valence-electron chi connectivity index (χ0n) is 19.8. The van der Waals surface area contributed by atoms with Crippen molar-refractivity contribution in [1.29, 1.82) is 0 Å². The van der Waals surface area contributed by atoms with E-state index < -0.39 is 23.6 Å². The summed E-state index contributed by atoms with van der Waals surface area (Å²) in [5.41, 5.74) is 1.20. The molecule has 0 spiro atoms. The van der Waals surface area contributed by atoms with Gasteiger partial charge in [0, 0.05) is 40.4 Å². The molecule has 0 bridgehead atoms. The first-order valence-electron chi connectivity index (χ1n) is 11.8. The minimum absolute atomic E-state index is 0.0105. The van der Waals surface area contributed by atoms with E-state index in [1.807, 2.05) is 6.92 Å². The van der Waals surface area contributed by atoms with Gasteiger partial charge in [0.15, 0.2) is 5.69 Å². The Morgan fingerprint density at radius 1 is 1.17 bits per heavy atom. The van der Waals surface area contributed by atoms with E-state index in [1.165, 1.54) is 31.6 Å². The summed E-state index contributed by atoms with van der Waals surface area (Å²) in [6.07, 6.45) is 4.00. The third-order valence-electron chi connectivity index (χ3n) is 7.07. The third-order valence-corrected chi connectivity index (χ3v) is 7.45. The van der Waals surface area contributed by atoms with Crippen molar-refractivity contribution in [3.8, 4) is 16.9 Å². The van der Waals surface area contributed by atoms with Gasteiger partial charge in [-0.3, -0.25) is 4.68 Å². The number of aromatic amines is 1. The summed E-state index contributed by atoms with van der Waals surface area (Å²) in [6.45, 7) is 1.83. The number of hydrogen-bond acceptors (Lipinski definition) is 3. The lowest BCUT2D eigenvalue weighted by Crippen LogP contribution is -2.22. The molecule has 0 aliphatic heterocycles. The second-order valence-electron chi connectivity index (χ2n) is 9.20. The number of benzene rings is 1. The minimum Gasteiger partial charge on any atom is -0.496 e. The fourth-order valence-corrected chi connectivity index (χ4v) is 5.59. The Bertz CT molecular complexity index is 1410. The number of hydrogen-bond donors (Lipinski definition) is 1. The summed E-state index contributed by atoms with van der Waals surface area (Å²) in [4.78, 5) is 7.44. The van der Waals surface area contributed by atoms with E-state index in [1.54, 1.807) is 12.3 Å². The van der Waals surface area contributed by atoms with E-state index >= 15 is 0 Å². The second kappa shape index (κ2) is 9.42. The van der Waals surface area contributed by atoms with Crippen LogP contribution in [0.4, 0.5) is 17.6 Å². The van der Waals surface area contributed by atoms with E-state index in [2.05, 4.69) is 15.1 Å². The number of pyridine rings is 1. The number of halogens is 5. The number of ether oxygens (including phenoxy) is 1. The monoisotopic (exact) mass is 520 g/mol. The molecule has 190 valence electrons. The smallest absolute Gasteiger partial charge is 0.433 e. The molecule has 1 saturated carbocycles. The standard InChI is InChI=1S/C26H25ClF4N4O/c1-14(22-21(36-2)9-8-20(28)23(22)27)18-12-33-25-17(18)10-15(11-32-25)19-13-34-35(24(19)26(29,30)31)16-6-4-3-5-7-16/h8-14,16H,3-7H2,1-2H3,(H,32,33). The molecule has 3 heterocycles. The van der Waals surface area contributed by atoms with Crippen molar-refractivity contribution in [2.45, 2.75) is 57.2 Å². The highest BCUT2D eigenvalue weighted by molar-refractivity contribution is 6.31. The van der Waals surface area contributed by atoms with Gasteiger partial charge in [0.25, 0.3) is 0 Å². The summed E-state index contributed by atoms with van der Waals surface area (Å²) in [6, 6.07) is 4.13. The van der Waals surface area contributed by atoms with Crippen LogP contribution < -0.4 is 4.74 Å². The first kappa shape index (κ1) is 24.6. The van der Waals surface area contributed by atoms with E-state index in [4.69, 9.17) is 16.3 Å². The zero-order chi connectivity index (χ0) is 25.6. The summed E-state index contributed by atoms with van der Waals surface area (Å²) < 4.78 is 63.7. The highest BCUT2D eigenvalue weighted by Gasteiger charge is 2.40. The summed E-state index contributed by atoms with van der Waals surface area (Å²) in [7, 11) is 1.47. The molecule has 1 N–H and O–H groups in total. The fourth-order valence-electron chi connectivity index (χ4n) is 5.27. The van der Waals surface area contributed by atoms with Gasteiger partial charge in [-0.05, 0) is 36.6 Å². The molecular weight excluding hydrogens is 496 g/mol. The van der Waals surface area contributed by atoms with Crippen LogP contribution in [0.2, 0.25) is 5.02 Å². The topological polar surface area (TPSA) is 55.7 Å². The SMILES string of the molecule is COc1ccc(F)c(Cl)c1C(C)c1c[nH]c2ncc(-c3cnn(C4CCCCC4)c3C(F)(F)F)cc12. The number of alkyl halides is 3. The molecule has 4 aromatic rings. The average Bonchev–Trinajstić information content (AvgIpc) is 3.50. The highest BCUT2D eigenvalue weighted by Crippen LogP contribution is 2.43. The van der Waals surface area contributed by atoms with Gasteiger partial charge in [0.1, 0.15) is 17.2 Å². The highest BCUT2D eigenvalue weighted by atomic mass is 35.5. The lowest BCUT2D eigenvalue weighted by Gasteiger charge is -2.25. The molecule has 0 saturated heterocycles. The van der Waals surface area contributed by atoms with E-state index in [9.17, 15) is 17.6 Å². The Kier molecular flexibility index (Phi) is 6.44. The molecule has 10 heteroatoms. The molecule has 5 rings (SSSR count). The van der Waals surface area contributed by atoms with Gasteiger partial charge in [0.2, 0.25) is 0 Å². The quantitative estimate of drug-likeness (QED) is 0.272. The molecule has 1 unspecified atom stereocenters. The summed E-state index contributed by atoms with van der Waals surface area (Å²) >= 11 is 6.30. The van der Waals surface area contributed by atoms with Crippen molar-refractivity contribution in [3.05, 3.63) is 64.5 Å². The Morgan fingerprint density at radius 3 is 2.61 bits per heavy atom. The zero-order valence-corrected chi connectivity index (χ0v) is 20.5. The largest absolute Gasteiger partial charge is 0.496 e. The Hall–Kier alpha value is -3.07. The number of methoxy groups -OCH3 is 1. The van der Waals surface area contributed by atoms with Crippen molar-refractivity contribution < 1.29 is 22.3 Å². The van der Waals surface area contributed by atoms with Crippen molar-refractivity contribution >= 4 is 22.6 Å². The van der Waals surface area contributed by atoms with E-state index in [-0.39, 0.29) is 16.6 Å². The van der Waals surface area contributed by atoms with Crippen molar-refractivity contribution in [3.63, 3.8) is 0 Å². The molecule has 1 aliphatic carbocycles. The van der Waals surface area contributed by atoms with Crippen LogP contribution in [-0.2, 0) is 6.18 Å². The maximum Gasteiger partial charge on any atom is 0.433 e. The second-order valence-corrected chi connectivity index (χ2v) is 9.58. The number of rotatable bonds is 5. The fraction of sp³-hybridized carbons (Fsp3) is 0.385. The van der Waals surface area contributed by atoms with Gasteiger partial charge < -0.3 is 9.72 Å². The molecule has 0 radical (unpaired) electrons. The van der Waals surface area contributed by atoms with Gasteiger partial charge in [-0.2, -0.15) is 18.3 Å². The van der Waals surface area contributed by atoms with Gasteiger partial charge in [-0.1, -0.05) is 37.8 Å². The number of aromatic nitrogens is 4. The predicted molar refractivity (Wildman–Crippen MR) is 130 cm³/mol. The van der Waals surface area contributed by atoms with Crippen molar-refractivity contribution in [1.82, 2.24) is 19.7 Å². The molecule has 36 heavy (non-hydrogen) atoms. The first-order valence-corrected chi connectivity index (χ1v) is 12.2. The Labute approximate surface area is 210 Å². The summed E-state index contributed by atoms with van der Waals surface area (Å²) in [5, 5.41) is 4.74. The normalized spacial score (nSPS) is 16.0. The number of H-pyrrole nitrogens is 1. The van der Waals surface area contributed by atoms with Crippen LogP contribution in [0.25, 0.3) is 22.2 Å². The predicted octanol–water partition coefficient (Wildman–Crippen LogP) is 7.90. The van der Waals surface area contributed by atoms with Crippen molar-refractivity contribution in [2.24, 2.45) is 0 Å². The first-order chi connectivity index (χ1) is 17.2. The minimum atomic E-state index is -4.57. The molecule has 0 amide bonds. The maximum absolute atomic E-state index is 14.3. The third kappa shape index (κ3) is 4.23. The molecule has 1 atom stereocenters. The molecule has 1 fully saturated rings. The number of nitrogens with one attached hydrogen (secondary N) is 1.